The van der Waals surface area contributed by atoms with Crippen molar-refractivity contribution in [3.05, 3.63) is 36.3 Å². The van der Waals surface area contributed by atoms with Gasteiger partial charge in [0.2, 0.25) is 0 Å². The van der Waals surface area contributed by atoms with Gasteiger partial charge in [-0.25, -0.2) is 4.99 Å². The zero-order valence-corrected chi connectivity index (χ0v) is 16.2. The van der Waals surface area contributed by atoms with Crippen LogP contribution in [0.4, 0.5) is 0 Å². The van der Waals surface area contributed by atoms with E-state index in [0.717, 1.165) is 61.7 Å². The molecule has 0 bridgehead atoms. The molecule has 0 aliphatic heterocycles. The molecule has 0 spiro atoms. The second-order valence-electron chi connectivity index (χ2n) is 6.68. The molecule has 1 aliphatic carbocycles. The van der Waals surface area contributed by atoms with Crippen LogP contribution in [0.1, 0.15) is 45.3 Å². The largest absolute Gasteiger partial charge is 0.469 e. The lowest BCUT2D eigenvalue weighted by molar-refractivity contribution is 0.413. The van der Waals surface area contributed by atoms with Gasteiger partial charge in [-0.2, -0.15) is 0 Å². The number of aliphatic imine (C=N–C) groups is 1. The highest BCUT2D eigenvalue weighted by molar-refractivity contribution is 7.85. The molecule has 140 valence electrons. The number of furan rings is 1. The first kappa shape index (κ1) is 19.8. The van der Waals surface area contributed by atoms with Gasteiger partial charge in [0, 0.05) is 40.8 Å². The molecule has 3 unspecified atom stereocenters. The topological polar surface area (TPSA) is 66.6 Å². The zero-order valence-electron chi connectivity index (χ0n) is 15.4. The van der Waals surface area contributed by atoms with E-state index in [-0.39, 0.29) is 0 Å². The van der Waals surface area contributed by atoms with Gasteiger partial charge in [0.15, 0.2) is 5.96 Å². The second-order valence-corrected chi connectivity index (χ2v) is 8.68. The van der Waals surface area contributed by atoms with Crippen molar-refractivity contribution >= 4 is 16.8 Å². The van der Waals surface area contributed by atoms with Crippen LogP contribution in [-0.2, 0) is 17.2 Å². The summed E-state index contributed by atoms with van der Waals surface area (Å²) in [6, 6.07) is 4.21. The number of guanidine groups is 1. The van der Waals surface area contributed by atoms with Gasteiger partial charge in [-0.1, -0.05) is 25.5 Å². The third kappa shape index (κ3) is 7.06. The quantitative estimate of drug-likeness (QED) is 0.422. The summed E-state index contributed by atoms with van der Waals surface area (Å²) in [5.41, 5.74) is 1.03. The summed E-state index contributed by atoms with van der Waals surface area (Å²) < 4.78 is 17.5. The van der Waals surface area contributed by atoms with Crippen LogP contribution in [-0.4, -0.2) is 40.3 Å². The summed E-state index contributed by atoms with van der Waals surface area (Å²) in [5, 5.41) is 7.22. The molecule has 25 heavy (non-hydrogen) atoms. The lowest BCUT2D eigenvalue weighted by atomic mass is 9.95. The summed E-state index contributed by atoms with van der Waals surface area (Å²) >= 11 is 0. The first-order valence-electron chi connectivity index (χ1n) is 9.17. The molecule has 2 N–H and O–H groups in total. The van der Waals surface area contributed by atoms with Crippen LogP contribution >= 0.6 is 0 Å². The Bertz CT molecular complexity index is 583. The van der Waals surface area contributed by atoms with Crippen LogP contribution in [0, 0.1) is 0 Å². The normalized spacial score (nSPS) is 22.4. The van der Waals surface area contributed by atoms with Gasteiger partial charge in [-0.05, 0) is 38.3 Å². The number of nitrogens with one attached hydrogen (secondary N) is 2. The van der Waals surface area contributed by atoms with E-state index in [4.69, 9.17) is 4.42 Å². The van der Waals surface area contributed by atoms with E-state index in [0.29, 0.717) is 17.8 Å². The molecule has 0 amide bonds. The minimum absolute atomic E-state index is 0.307. The highest BCUT2D eigenvalue weighted by Crippen LogP contribution is 2.23. The summed E-state index contributed by atoms with van der Waals surface area (Å²) in [6.45, 7) is 9.26. The van der Waals surface area contributed by atoms with E-state index in [2.05, 4.69) is 22.2 Å². The van der Waals surface area contributed by atoms with Crippen LogP contribution in [0.5, 0.6) is 0 Å². The number of hydrogen-bond donors (Lipinski definition) is 2. The molecule has 0 radical (unpaired) electrons. The summed E-state index contributed by atoms with van der Waals surface area (Å²) in [4.78, 5) is 4.61. The molecule has 1 saturated carbocycles. The van der Waals surface area contributed by atoms with Crippen LogP contribution in [0.2, 0.25) is 0 Å². The molecule has 1 aliphatic rings. The smallest absolute Gasteiger partial charge is 0.191 e. The van der Waals surface area contributed by atoms with Crippen molar-refractivity contribution in [1.29, 1.82) is 0 Å². The van der Waals surface area contributed by atoms with Crippen LogP contribution in [0.3, 0.4) is 0 Å². The van der Waals surface area contributed by atoms with E-state index in [1.54, 1.807) is 6.26 Å². The fraction of sp³-hybridized carbons (Fsp3) is 0.632. The van der Waals surface area contributed by atoms with E-state index in [1.807, 2.05) is 26.0 Å². The summed E-state index contributed by atoms with van der Waals surface area (Å²) in [7, 11) is -0.712. The molecule has 1 heterocycles. The Morgan fingerprint density at radius 1 is 1.48 bits per heavy atom. The lowest BCUT2D eigenvalue weighted by Crippen LogP contribution is -2.47. The Labute approximate surface area is 153 Å². The third-order valence-corrected chi connectivity index (χ3v) is 6.12. The van der Waals surface area contributed by atoms with Crippen LogP contribution in [0.15, 0.2) is 40.0 Å². The van der Waals surface area contributed by atoms with E-state index in [9.17, 15) is 4.21 Å². The second kappa shape index (κ2) is 10.4. The minimum Gasteiger partial charge on any atom is -0.469 e. The standard InChI is InChI=1S/C19H31N3O2S/c1-4-25(23)18-9-5-7-16(13-18)22-19(21-14-15(2)3)20-11-10-17-8-6-12-24-17/h6,8,12,16,18H,2,4-5,7,9-11,13-14H2,1,3H3,(H2,20,21,22). The molecule has 2 rings (SSSR count). The molecular formula is C19H31N3O2S. The third-order valence-electron chi connectivity index (χ3n) is 4.37. The average molecular weight is 366 g/mol. The lowest BCUT2D eigenvalue weighted by Gasteiger charge is -2.30. The Balaban J connectivity index is 1.89. The maximum Gasteiger partial charge on any atom is 0.191 e. The maximum atomic E-state index is 12.1. The first-order valence-corrected chi connectivity index (χ1v) is 10.6. The number of rotatable bonds is 8. The maximum absolute atomic E-state index is 12.1. The summed E-state index contributed by atoms with van der Waals surface area (Å²) in [5.74, 6) is 2.51. The van der Waals surface area contributed by atoms with Crippen molar-refractivity contribution < 1.29 is 8.63 Å². The molecule has 1 aromatic heterocycles. The molecule has 5 nitrogen and oxygen atoms in total. The van der Waals surface area contributed by atoms with Gasteiger partial charge >= 0.3 is 0 Å². The summed E-state index contributed by atoms with van der Waals surface area (Å²) in [6.07, 6.45) is 6.75. The van der Waals surface area contributed by atoms with Crippen molar-refractivity contribution in [2.75, 3.05) is 18.8 Å². The van der Waals surface area contributed by atoms with E-state index >= 15 is 0 Å². The van der Waals surface area contributed by atoms with E-state index in [1.165, 1.54) is 0 Å². The minimum atomic E-state index is -0.712. The number of hydrogen-bond acceptors (Lipinski definition) is 3. The molecule has 0 saturated heterocycles. The van der Waals surface area contributed by atoms with Crippen LogP contribution < -0.4 is 10.6 Å². The highest BCUT2D eigenvalue weighted by atomic mass is 32.2. The average Bonchev–Trinajstić information content (AvgIpc) is 3.12. The molecular weight excluding hydrogens is 334 g/mol. The van der Waals surface area contributed by atoms with Crippen molar-refractivity contribution in [2.45, 2.75) is 57.2 Å². The van der Waals surface area contributed by atoms with Gasteiger partial charge in [-0.15, -0.1) is 0 Å². The Hall–Kier alpha value is -1.56. The fourth-order valence-corrected chi connectivity index (χ4v) is 4.42. The fourth-order valence-electron chi connectivity index (χ4n) is 3.07. The van der Waals surface area contributed by atoms with Crippen molar-refractivity contribution in [1.82, 2.24) is 10.6 Å². The van der Waals surface area contributed by atoms with Gasteiger partial charge in [-0.3, -0.25) is 4.21 Å². The Morgan fingerprint density at radius 3 is 3.00 bits per heavy atom. The Kier molecular flexibility index (Phi) is 8.25. The zero-order chi connectivity index (χ0) is 18.1. The molecule has 1 fully saturated rings. The van der Waals surface area contributed by atoms with Gasteiger partial charge in [0.05, 0.1) is 12.8 Å². The van der Waals surface area contributed by atoms with Crippen molar-refractivity contribution in [3.63, 3.8) is 0 Å². The van der Waals surface area contributed by atoms with E-state index < -0.39 is 10.8 Å². The predicted octanol–water partition coefficient (Wildman–Crippen LogP) is 3.01. The van der Waals surface area contributed by atoms with Crippen molar-refractivity contribution in [2.24, 2.45) is 4.99 Å². The number of nitrogens with zero attached hydrogens (tertiary/aromatic N) is 1. The first-order chi connectivity index (χ1) is 12.1. The van der Waals surface area contributed by atoms with Gasteiger partial charge in [0.25, 0.3) is 0 Å². The van der Waals surface area contributed by atoms with Crippen LogP contribution in [0.25, 0.3) is 0 Å². The monoisotopic (exact) mass is 365 g/mol. The highest BCUT2D eigenvalue weighted by Gasteiger charge is 2.26. The molecule has 6 heteroatoms. The van der Waals surface area contributed by atoms with Gasteiger partial charge in [0.1, 0.15) is 5.76 Å². The molecule has 1 aromatic rings. The molecule has 0 aromatic carbocycles. The Morgan fingerprint density at radius 2 is 2.32 bits per heavy atom. The van der Waals surface area contributed by atoms with Gasteiger partial charge < -0.3 is 15.1 Å². The predicted molar refractivity (Wildman–Crippen MR) is 105 cm³/mol. The molecule has 3 atom stereocenters. The SMILES string of the molecule is C=C(C)CN=C(NCCc1ccco1)NC1CCCC(S(=O)CC)C1. The van der Waals surface area contributed by atoms with Crippen molar-refractivity contribution in [3.8, 4) is 0 Å².